The highest BCUT2D eigenvalue weighted by Gasteiger charge is 2.13. The van der Waals surface area contributed by atoms with Crippen LogP contribution in [0.25, 0.3) is 10.9 Å². The minimum Gasteiger partial charge on any atom is -0.323 e. The molecule has 0 aliphatic carbocycles. The molecule has 1 heterocycles. The number of aryl methyl sites for hydroxylation is 1. The van der Waals surface area contributed by atoms with Gasteiger partial charge in [-0.1, -0.05) is 30.1 Å². The van der Waals surface area contributed by atoms with Crippen molar-refractivity contribution in [3.63, 3.8) is 0 Å². The number of nitrogens with zero attached hydrogens (tertiary/aromatic N) is 1. The Bertz CT molecular complexity index is 582. The molecule has 0 fully saturated rings. The molecule has 0 unspecified atom stereocenters. The van der Waals surface area contributed by atoms with Gasteiger partial charge >= 0.3 is 0 Å². The molecule has 17 heavy (non-hydrogen) atoms. The molecule has 1 aromatic carbocycles. The zero-order chi connectivity index (χ0) is 12.6. The van der Waals surface area contributed by atoms with Gasteiger partial charge in [-0.2, -0.15) is 0 Å². The van der Waals surface area contributed by atoms with Crippen LogP contribution in [-0.4, -0.2) is 4.98 Å². The van der Waals surface area contributed by atoms with Crippen LogP contribution in [0.4, 0.5) is 5.69 Å². The molecule has 3 nitrogen and oxygen atoms in total. The normalized spacial score (nSPS) is 10.9. The molecule has 3 N–H and O–H groups in total. The highest BCUT2D eigenvalue weighted by atomic mass is 35.5. The Morgan fingerprint density at radius 2 is 2.06 bits per heavy atom. The van der Waals surface area contributed by atoms with Gasteiger partial charge in [0.15, 0.2) is 0 Å². The number of halogens is 2. The highest BCUT2D eigenvalue weighted by molar-refractivity contribution is 6.39. The molecular formula is C12H13Cl2N3. The van der Waals surface area contributed by atoms with E-state index in [4.69, 9.17) is 29.0 Å². The number of benzene rings is 1. The number of nitrogens with two attached hydrogens (primary N) is 1. The Balaban J connectivity index is 2.92. The fourth-order valence-corrected chi connectivity index (χ4v) is 2.56. The zero-order valence-electron chi connectivity index (χ0n) is 9.64. The van der Waals surface area contributed by atoms with E-state index in [2.05, 4.69) is 10.4 Å². The van der Waals surface area contributed by atoms with E-state index in [1.54, 1.807) is 12.1 Å². The van der Waals surface area contributed by atoms with E-state index >= 15 is 0 Å². The summed E-state index contributed by atoms with van der Waals surface area (Å²) in [6.07, 6.45) is 0.834. The Kier molecular flexibility index (Phi) is 3.43. The zero-order valence-corrected chi connectivity index (χ0v) is 11.2. The number of fused-ring (bicyclic) bond motifs is 1. The maximum atomic E-state index is 6.19. The summed E-state index contributed by atoms with van der Waals surface area (Å²) >= 11 is 12.2. The summed E-state index contributed by atoms with van der Waals surface area (Å²) in [6.45, 7) is 4.03. The van der Waals surface area contributed by atoms with E-state index in [1.807, 2.05) is 13.8 Å². The summed E-state index contributed by atoms with van der Waals surface area (Å²) in [5.74, 6) is 5.58. The molecule has 0 saturated heterocycles. The number of aromatic nitrogens is 1. The lowest BCUT2D eigenvalue weighted by molar-refractivity contribution is 1.03. The standard InChI is InChI=1S/C12H13Cl2N3/c1-3-9-6(2)12(17-15)11-8(14)4-7(13)5-10(11)16-9/h4-5H,3,15H2,1-2H3,(H,16,17). The lowest BCUT2D eigenvalue weighted by Crippen LogP contribution is -2.11. The van der Waals surface area contributed by atoms with E-state index in [0.717, 1.165) is 34.3 Å². The molecule has 0 aliphatic rings. The fourth-order valence-electron chi connectivity index (χ4n) is 1.98. The van der Waals surface area contributed by atoms with Gasteiger partial charge in [0.25, 0.3) is 0 Å². The van der Waals surface area contributed by atoms with Crippen LogP contribution in [0.3, 0.4) is 0 Å². The molecule has 2 aromatic rings. The summed E-state index contributed by atoms with van der Waals surface area (Å²) in [6, 6.07) is 3.49. The van der Waals surface area contributed by atoms with Crippen molar-refractivity contribution >= 4 is 39.8 Å². The van der Waals surface area contributed by atoms with Crippen LogP contribution < -0.4 is 11.3 Å². The maximum absolute atomic E-state index is 6.19. The van der Waals surface area contributed by atoms with Crippen molar-refractivity contribution in [1.29, 1.82) is 0 Å². The second-order valence-electron chi connectivity index (χ2n) is 3.84. The summed E-state index contributed by atoms with van der Waals surface area (Å²) in [7, 11) is 0. The van der Waals surface area contributed by atoms with Crippen LogP contribution in [0.15, 0.2) is 12.1 Å². The number of rotatable bonds is 2. The van der Waals surface area contributed by atoms with Crippen molar-refractivity contribution in [2.24, 2.45) is 5.84 Å². The topological polar surface area (TPSA) is 50.9 Å². The minimum absolute atomic E-state index is 0.554. The number of hydrogen-bond acceptors (Lipinski definition) is 3. The molecular weight excluding hydrogens is 257 g/mol. The smallest absolute Gasteiger partial charge is 0.0756 e. The van der Waals surface area contributed by atoms with Crippen LogP contribution in [0.2, 0.25) is 10.0 Å². The lowest BCUT2D eigenvalue weighted by Gasteiger charge is -2.14. The lowest BCUT2D eigenvalue weighted by atomic mass is 10.1. The molecule has 0 spiro atoms. The van der Waals surface area contributed by atoms with Crippen LogP contribution in [0, 0.1) is 6.92 Å². The average molecular weight is 270 g/mol. The van der Waals surface area contributed by atoms with Crippen molar-refractivity contribution in [3.05, 3.63) is 33.4 Å². The molecule has 5 heteroatoms. The predicted octanol–water partition coefficient (Wildman–Crippen LogP) is 3.70. The van der Waals surface area contributed by atoms with E-state index in [0.29, 0.717) is 10.0 Å². The molecule has 0 saturated carbocycles. The molecule has 0 amide bonds. The van der Waals surface area contributed by atoms with Gasteiger partial charge in [-0.25, -0.2) is 0 Å². The Hall–Kier alpha value is -1.03. The summed E-state index contributed by atoms with van der Waals surface area (Å²) < 4.78 is 0. The first-order valence-electron chi connectivity index (χ1n) is 5.33. The summed E-state index contributed by atoms with van der Waals surface area (Å²) in [5, 5.41) is 1.94. The Labute approximate surface area is 110 Å². The van der Waals surface area contributed by atoms with E-state index in [-0.39, 0.29) is 0 Å². The van der Waals surface area contributed by atoms with Gasteiger partial charge in [0.05, 0.1) is 16.2 Å². The van der Waals surface area contributed by atoms with Gasteiger partial charge in [-0.3, -0.25) is 10.8 Å². The number of nitrogens with one attached hydrogen (secondary N) is 1. The average Bonchev–Trinajstić information content (AvgIpc) is 2.29. The molecule has 1 aromatic heterocycles. The van der Waals surface area contributed by atoms with Gasteiger partial charge in [0, 0.05) is 16.1 Å². The highest BCUT2D eigenvalue weighted by Crippen LogP contribution is 2.35. The van der Waals surface area contributed by atoms with Gasteiger partial charge in [0.2, 0.25) is 0 Å². The van der Waals surface area contributed by atoms with Gasteiger partial charge in [-0.05, 0) is 31.0 Å². The fraction of sp³-hybridized carbons (Fsp3) is 0.250. The molecule has 2 rings (SSSR count). The van der Waals surface area contributed by atoms with E-state index < -0.39 is 0 Å². The van der Waals surface area contributed by atoms with Gasteiger partial charge in [0.1, 0.15) is 0 Å². The monoisotopic (exact) mass is 269 g/mol. The number of hydrazine groups is 1. The largest absolute Gasteiger partial charge is 0.323 e. The molecule has 0 atom stereocenters. The van der Waals surface area contributed by atoms with Crippen LogP contribution in [0.1, 0.15) is 18.2 Å². The number of hydrogen-bond donors (Lipinski definition) is 2. The van der Waals surface area contributed by atoms with Crippen molar-refractivity contribution in [2.45, 2.75) is 20.3 Å². The first-order valence-corrected chi connectivity index (χ1v) is 6.09. The number of nitrogen functional groups attached to an aromatic ring is 1. The first kappa shape index (κ1) is 12.4. The molecule has 90 valence electrons. The van der Waals surface area contributed by atoms with Crippen molar-refractivity contribution in [2.75, 3.05) is 5.43 Å². The van der Waals surface area contributed by atoms with Gasteiger partial charge in [-0.15, -0.1) is 0 Å². The predicted molar refractivity (Wildman–Crippen MR) is 73.7 cm³/mol. The quantitative estimate of drug-likeness (QED) is 0.646. The Morgan fingerprint density at radius 3 is 2.65 bits per heavy atom. The van der Waals surface area contributed by atoms with Crippen LogP contribution in [0.5, 0.6) is 0 Å². The third-order valence-corrected chi connectivity index (χ3v) is 3.34. The van der Waals surface area contributed by atoms with Crippen molar-refractivity contribution in [3.8, 4) is 0 Å². The third-order valence-electron chi connectivity index (χ3n) is 2.83. The molecule has 0 radical (unpaired) electrons. The van der Waals surface area contributed by atoms with Crippen LogP contribution >= 0.6 is 23.2 Å². The maximum Gasteiger partial charge on any atom is 0.0756 e. The minimum atomic E-state index is 0.554. The van der Waals surface area contributed by atoms with Gasteiger partial charge < -0.3 is 5.43 Å². The third kappa shape index (κ3) is 2.06. The van der Waals surface area contributed by atoms with Crippen molar-refractivity contribution in [1.82, 2.24) is 4.98 Å². The van der Waals surface area contributed by atoms with E-state index in [1.165, 1.54) is 0 Å². The Morgan fingerprint density at radius 1 is 1.35 bits per heavy atom. The second kappa shape index (κ2) is 4.69. The second-order valence-corrected chi connectivity index (χ2v) is 4.68. The SMILES string of the molecule is CCc1nc2cc(Cl)cc(Cl)c2c(NN)c1C. The summed E-state index contributed by atoms with van der Waals surface area (Å²) in [5.41, 5.74) is 6.29. The van der Waals surface area contributed by atoms with Crippen molar-refractivity contribution < 1.29 is 0 Å². The number of anilines is 1. The first-order chi connectivity index (χ1) is 8.08. The van der Waals surface area contributed by atoms with Crippen LogP contribution in [-0.2, 0) is 6.42 Å². The van der Waals surface area contributed by atoms with E-state index in [9.17, 15) is 0 Å². The summed E-state index contributed by atoms with van der Waals surface area (Å²) in [4.78, 5) is 4.56. The number of pyridine rings is 1. The molecule has 0 aliphatic heterocycles. The molecule has 0 bridgehead atoms.